The van der Waals surface area contributed by atoms with E-state index < -0.39 is 0 Å². The van der Waals surface area contributed by atoms with Crippen LogP contribution < -0.4 is 5.32 Å². The monoisotopic (exact) mass is 198 g/mol. The Morgan fingerprint density at radius 2 is 2.29 bits per heavy atom. The van der Waals surface area contributed by atoms with Gasteiger partial charge in [0.25, 0.3) is 0 Å². The fraction of sp³-hybridized carbons (Fsp3) is 1.00. The summed E-state index contributed by atoms with van der Waals surface area (Å²) in [5.74, 6) is 0.876. The normalized spacial score (nSPS) is 39.4. The Bertz CT molecular complexity index is 186. The van der Waals surface area contributed by atoms with Crippen molar-refractivity contribution < 1.29 is 4.74 Å². The minimum atomic E-state index is 0.619. The molecule has 14 heavy (non-hydrogen) atoms. The molecule has 1 aliphatic heterocycles. The second-order valence-corrected chi connectivity index (χ2v) is 4.62. The highest BCUT2D eigenvalue weighted by atomic mass is 16.5. The Kier molecular flexibility index (Phi) is 3.42. The molecule has 2 fully saturated rings. The van der Waals surface area contributed by atoms with E-state index in [-0.39, 0.29) is 0 Å². The maximum absolute atomic E-state index is 5.47. The highest BCUT2D eigenvalue weighted by molar-refractivity contribution is 4.92. The van der Waals surface area contributed by atoms with Crippen molar-refractivity contribution in [2.45, 2.75) is 31.8 Å². The number of rotatable bonds is 3. The van der Waals surface area contributed by atoms with Gasteiger partial charge in [-0.15, -0.1) is 0 Å². The zero-order valence-electron chi connectivity index (χ0n) is 9.33. The summed E-state index contributed by atoms with van der Waals surface area (Å²) in [4.78, 5) is 2.65. The molecule has 3 heteroatoms. The predicted octanol–water partition coefficient (Wildman–Crippen LogP) is 0.705. The number of ether oxygens (including phenoxy) is 1. The van der Waals surface area contributed by atoms with E-state index in [4.69, 9.17) is 4.74 Å². The standard InChI is InChI=1S/C11H22N2O/c1-9-8-14-6-5-13(9)11-4-3-10(11)7-12-2/h9-12H,3-8H2,1-2H3. The van der Waals surface area contributed by atoms with Crippen LogP contribution in [0.15, 0.2) is 0 Å². The minimum absolute atomic E-state index is 0.619. The number of hydrogen-bond acceptors (Lipinski definition) is 3. The van der Waals surface area contributed by atoms with Crippen molar-refractivity contribution >= 4 is 0 Å². The van der Waals surface area contributed by atoms with E-state index in [1.807, 2.05) is 0 Å². The Morgan fingerprint density at radius 3 is 2.86 bits per heavy atom. The first-order chi connectivity index (χ1) is 6.83. The van der Waals surface area contributed by atoms with Gasteiger partial charge in [0.15, 0.2) is 0 Å². The molecule has 0 radical (unpaired) electrons. The van der Waals surface area contributed by atoms with Gasteiger partial charge < -0.3 is 10.1 Å². The molecule has 82 valence electrons. The van der Waals surface area contributed by atoms with Crippen molar-refractivity contribution in [3.8, 4) is 0 Å². The molecular weight excluding hydrogens is 176 g/mol. The molecule has 0 aromatic heterocycles. The van der Waals surface area contributed by atoms with Crippen LogP contribution in [0.4, 0.5) is 0 Å². The van der Waals surface area contributed by atoms with Gasteiger partial charge in [-0.05, 0) is 39.3 Å². The van der Waals surface area contributed by atoms with E-state index >= 15 is 0 Å². The molecule has 1 heterocycles. The highest BCUT2D eigenvalue weighted by Gasteiger charge is 2.37. The SMILES string of the molecule is CNCC1CCC1N1CCOCC1C. The van der Waals surface area contributed by atoms with Gasteiger partial charge >= 0.3 is 0 Å². The van der Waals surface area contributed by atoms with Crippen LogP contribution in [0.3, 0.4) is 0 Å². The van der Waals surface area contributed by atoms with Crippen molar-refractivity contribution in [2.75, 3.05) is 33.4 Å². The highest BCUT2D eigenvalue weighted by Crippen LogP contribution is 2.33. The van der Waals surface area contributed by atoms with Gasteiger partial charge in [-0.3, -0.25) is 4.90 Å². The van der Waals surface area contributed by atoms with E-state index in [1.54, 1.807) is 0 Å². The van der Waals surface area contributed by atoms with Gasteiger partial charge in [0.2, 0.25) is 0 Å². The number of morpholine rings is 1. The molecule has 1 aliphatic carbocycles. The van der Waals surface area contributed by atoms with Crippen molar-refractivity contribution in [1.29, 1.82) is 0 Å². The molecule has 0 amide bonds. The van der Waals surface area contributed by atoms with Gasteiger partial charge in [-0.2, -0.15) is 0 Å². The van der Waals surface area contributed by atoms with Crippen molar-refractivity contribution in [2.24, 2.45) is 5.92 Å². The zero-order valence-corrected chi connectivity index (χ0v) is 9.33. The van der Waals surface area contributed by atoms with Crippen LogP contribution >= 0.6 is 0 Å². The third kappa shape index (κ3) is 1.95. The summed E-state index contributed by atoms with van der Waals surface area (Å²) in [7, 11) is 2.05. The lowest BCUT2D eigenvalue weighted by Crippen LogP contribution is -2.57. The zero-order chi connectivity index (χ0) is 9.97. The first kappa shape index (κ1) is 10.4. The van der Waals surface area contributed by atoms with Gasteiger partial charge in [-0.25, -0.2) is 0 Å². The van der Waals surface area contributed by atoms with Crippen LogP contribution in [-0.4, -0.2) is 50.3 Å². The lowest BCUT2D eigenvalue weighted by molar-refractivity contribution is -0.0585. The van der Waals surface area contributed by atoms with Gasteiger partial charge in [-0.1, -0.05) is 0 Å². The fourth-order valence-electron chi connectivity index (χ4n) is 2.72. The topological polar surface area (TPSA) is 24.5 Å². The summed E-state index contributed by atoms with van der Waals surface area (Å²) in [6, 6.07) is 1.44. The molecule has 3 atom stereocenters. The van der Waals surface area contributed by atoms with Gasteiger partial charge in [0, 0.05) is 18.6 Å². The van der Waals surface area contributed by atoms with Crippen LogP contribution in [0.5, 0.6) is 0 Å². The molecule has 1 saturated carbocycles. The maximum Gasteiger partial charge on any atom is 0.0619 e. The molecule has 1 saturated heterocycles. The predicted molar refractivity (Wildman–Crippen MR) is 57.4 cm³/mol. The first-order valence-electron chi connectivity index (χ1n) is 5.81. The number of nitrogens with one attached hydrogen (secondary N) is 1. The van der Waals surface area contributed by atoms with E-state index in [9.17, 15) is 0 Å². The van der Waals surface area contributed by atoms with Crippen LogP contribution in [-0.2, 0) is 4.74 Å². The summed E-state index contributed by atoms with van der Waals surface area (Å²) in [5, 5.41) is 3.30. The molecule has 0 bridgehead atoms. The molecule has 1 N–H and O–H groups in total. The third-order valence-corrected chi connectivity index (χ3v) is 3.69. The third-order valence-electron chi connectivity index (χ3n) is 3.69. The maximum atomic E-state index is 5.47. The number of hydrogen-bond donors (Lipinski definition) is 1. The molecule has 0 aromatic rings. The summed E-state index contributed by atoms with van der Waals surface area (Å²) >= 11 is 0. The van der Waals surface area contributed by atoms with Gasteiger partial charge in [0.05, 0.1) is 13.2 Å². The summed E-state index contributed by atoms with van der Waals surface area (Å²) < 4.78 is 5.47. The van der Waals surface area contributed by atoms with Crippen molar-refractivity contribution in [1.82, 2.24) is 10.2 Å². The Labute approximate surface area is 86.8 Å². The number of nitrogens with zero attached hydrogens (tertiary/aromatic N) is 1. The Morgan fingerprint density at radius 1 is 1.43 bits per heavy atom. The molecule has 2 aliphatic rings. The van der Waals surface area contributed by atoms with E-state index in [2.05, 4.69) is 24.2 Å². The average molecular weight is 198 g/mol. The lowest BCUT2D eigenvalue weighted by Gasteiger charge is -2.48. The van der Waals surface area contributed by atoms with Crippen molar-refractivity contribution in [3.63, 3.8) is 0 Å². The molecule has 3 unspecified atom stereocenters. The van der Waals surface area contributed by atoms with Crippen LogP contribution in [0.25, 0.3) is 0 Å². The molecule has 3 nitrogen and oxygen atoms in total. The quantitative estimate of drug-likeness (QED) is 0.722. The lowest BCUT2D eigenvalue weighted by atomic mass is 9.77. The fourth-order valence-corrected chi connectivity index (χ4v) is 2.72. The molecule has 0 spiro atoms. The van der Waals surface area contributed by atoms with E-state index in [0.29, 0.717) is 6.04 Å². The summed E-state index contributed by atoms with van der Waals surface area (Å²) in [6.07, 6.45) is 2.78. The van der Waals surface area contributed by atoms with Crippen molar-refractivity contribution in [3.05, 3.63) is 0 Å². The second-order valence-electron chi connectivity index (χ2n) is 4.62. The van der Waals surface area contributed by atoms with Crippen LogP contribution in [0, 0.1) is 5.92 Å². The second kappa shape index (κ2) is 4.60. The van der Waals surface area contributed by atoms with Gasteiger partial charge in [0.1, 0.15) is 0 Å². The summed E-state index contributed by atoms with van der Waals surface area (Å²) in [5.41, 5.74) is 0. The Balaban J connectivity index is 1.87. The molecule has 0 aromatic carbocycles. The van der Waals surface area contributed by atoms with E-state index in [1.165, 1.54) is 19.4 Å². The Hall–Kier alpha value is -0.120. The smallest absolute Gasteiger partial charge is 0.0619 e. The molecule has 2 rings (SSSR count). The molecular formula is C11H22N2O. The minimum Gasteiger partial charge on any atom is -0.379 e. The average Bonchev–Trinajstić information content (AvgIpc) is 2.16. The van der Waals surface area contributed by atoms with Crippen LogP contribution in [0.2, 0.25) is 0 Å². The first-order valence-corrected chi connectivity index (χ1v) is 5.81. The van der Waals surface area contributed by atoms with Crippen LogP contribution in [0.1, 0.15) is 19.8 Å². The largest absolute Gasteiger partial charge is 0.379 e. The van der Waals surface area contributed by atoms with E-state index in [0.717, 1.165) is 31.7 Å². The summed E-state index contributed by atoms with van der Waals surface area (Å²) in [6.45, 7) is 6.44.